The number of nitrogens with zero attached hydrogens (tertiary/aromatic N) is 2. The van der Waals surface area contributed by atoms with Crippen molar-refractivity contribution in [3.8, 4) is 6.07 Å². The molecule has 0 radical (unpaired) electrons. The van der Waals surface area contributed by atoms with E-state index >= 15 is 0 Å². The maximum absolute atomic E-state index is 11.6. The molecule has 1 aliphatic heterocycles. The third-order valence-corrected chi connectivity index (χ3v) is 4.95. The Hall–Kier alpha value is -1.86. The lowest BCUT2D eigenvalue weighted by molar-refractivity contribution is -0.142. The molecule has 2 fully saturated rings. The molecule has 2 aliphatic rings. The molecule has 3 rings (SSSR count). The van der Waals surface area contributed by atoms with E-state index in [-0.39, 0.29) is 6.04 Å². The van der Waals surface area contributed by atoms with Crippen LogP contribution in [0.5, 0.6) is 0 Å². The Morgan fingerprint density at radius 1 is 1.29 bits per heavy atom. The number of carboxylic acids is 1. The highest BCUT2D eigenvalue weighted by molar-refractivity contribution is 5.74. The molecule has 1 aromatic rings. The Balaban J connectivity index is 1.79. The zero-order valence-electron chi connectivity index (χ0n) is 12.0. The van der Waals surface area contributed by atoms with Gasteiger partial charge in [-0.3, -0.25) is 9.69 Å². The fourth-order valence-electron chi connectivity index (χ4n) is 3.92. The van der Waals surface area contributed by atoms with Gasteiger partial charge in [-0.05, 0) is 42.9 Å². The Bertz CT molecular complexity index is 561. The number of hydrogen-bond acceptors (Lipinski definition) is 3. The van der Waals surface area contributed by atoms with Gasteiger partial charge >= 0.3 is 5.97 Å². The van der Waals surface area contributed by atoms with Crippen molar-refractivity contribution in [3.63, 3.8) is 0 Å². The molecule has 1 saturated carbocycles. The quantitative estimate of drug-likeness (QED) is 0.927. The average Bonchev–Trinajstić information content (AvgIpc) is 2.87. The number of rotatable bonds is 3. The van der Waals surface area contributed by atoms with Gasteiger partial charge in [0.2, 0.25) is 0 Å². The van der Waals surface area contributed by atoms with E-state index in [1.54, 1.807) is 12.1 Å². The van der Waals surface area contributed by atoms with Crippen molar-refractivity contribution in [1.82, 2.24) is 4.90 Å². The van der Waals surface area contributed by atoms with Crippen LogP contribution >= 0.6 is 0 Å². The molecule has 3 atom stereocenters. The number of benzene rings is 1. The van der Waals surface area contributed by atoms with Crippen molar-refractivity contribution in [2.75, 3.05) is 0 Å². The molecular weight excluding hydrogens is 264 g/mol. The highest BCUT2D eigenvalue weighted by atomic mass is 16.4. The van der Waals surface area contributed by atoms with Gasteiger partial charge in [0.25, 0.3) is 0 Å². The molecule has 0 aromatic heterocycles. The van der Waals surface area contributed by atoms with Crippen LogP contribution < -0.4 is 0 Å². The topological polar surface area (TPSA) is 64.3 Å². The molecule has 1 heterocycles. The first kappa shape index (κ1) is 14.1. The van der Waals surface area contributed by atoms with Gasteiger partial charge in [-0.2, -0.15) is 5.26 Å². The summed E-state index contributed by atoms with van der Waals surface area (Å²) in [4.78, 5) is 13.7. The van der Waals surface area contributed by atoms with Crippen LogP contribution in [0.1, 0.15) is 43.2 Å². The molecule has 0 bridgehead atoms. The molecule has 21 heavy (non-hydrogen) atoms. The molecule has 3 unspecified atom stereocenters. The molecule has 0 amide bonds. The second kappa shape index (κ2) is 5.87. The van der Waals surface area contributed by atoms with E-state index in [0.717, 1.165) is 24.8 Å². The van der Waals surface area contributed by atoms with E-state index < -0.39 is 5.97 Å². The summed E-state index contributed by atoms with van der Waals surface area (Å²) in [6, 6.07) is 9.66. The molecule has 4 nitrogen and oxygen atoms in total. The molecule has 110 valence electrons. The monoisotopic (exact) mass is 284 g/mol. The lowest BCUT2D eigenvalue weighted by atomic mass is 9.84. The smallest absolute Gasteiger partial charge is 0.320 e. The predicted molar refractivity (Wildman–Crippen MR) is 78.5 cm³/mol. The van der Waals surface area contributed by atoms with Crippen LogP contribution in [0.4, 0.5) is 0 Å². The first-order valence-corrected chi connectivity index (χ1v) is 7.66. The van der Waals surface area contributed by atoms with Crippen LogP contribution in [0.3, 0.4) is 0 Å². The highest BCUT2D eigenvalue weighted by Gasteiger charge is 2.44. The van der Waals surface area contributed by atoms with Gasteiger partial charge in [0.05, 0.1) is 11.6 Å². The van der Waals surface area contributed by atoms with Gasteiger partial charge in [-0.15, -0.1) is 0 Å². The number of hydrogen-bond donors (Lipinski definition) is 1. The van der Waals surface area contributed by atoms with Gasteiger partial charge in [-0.1, -0.05) is 25.0 Å². The molecule has 1 aliphatic carbocycles. The predicted octanol–water partition coefficient (Wildman–Crippen LogP) is 2.78. The summed E-state index contributed by atoms with van der Waals surface area (Å²) in [6.45, 7) is 0.670. The van der Waals surface area contributed by atoms with Crippen LogP contribution in [-0.4, -0.2) is 28.1 Å². The highest BCUT2D eigenvalue weighted by Crippen LogP contribution is 2.40. The second-order valence-corrected chi connectivity index (χ2v) is 6.18. The fraction of sp³-hybridized carbons (Fsp3) is 0.529. The zero-order valence-corrected chi connectivity index (χ0v) is 12.0. The van der Waals surface area contributed by atoms with Gasteiger partial charge in [0.1, 0.15) is 6.04 Å². The summed E-state index contributed by atoms with van der Waals surface area (Å²) in [5.41, 5.74) is 1.73. The van der Waals surface area contributed by atoms with Gasteiger partial charge in [0.15, 0.2) is 0 Å². The number of carboxylic acid groups (broad SMARTS) is 1. The van der Waals surface area contributed by atoms with Gasteiger partial charge in [0, 0.05) is 12.6 Å². The van der Waals surface area contributed by atoms with E-state index in [9.17, 15) is 9.90 Å². The summed E-state index contributed by atoms with van der Waals surface area (Å²) < 4.78 is 0. The lowest BCUT2D eigenvalue weighted by Gasteiger charge is -2.33. The minimum absolute atomic E-state index is 0.353. The molecular formula is C17H20N2O2. The third-order valence-electron chi connectivity index (χ3n) is 4.95. The Kier molecular flexibility index (Phi) is 3.94. The van der Waals surface area contributed by atoms with Crippen molar-refractivity contribution in [3.05, 3.63) is 35.4 Å². The Morgan fingerprint density at radius 3 is 2.67 bits per heavy atom. The van der Waals surface area contributed by atoms with E-state index in [2.05, 4.69) is 11.0 Å². The Morgan fingerprint density at radius 2 is 2.00 bits per heavy atom. The summed E-state index contributed by atoms with van der Waals surface area (Å²) >= 11 is 0. The maximum Gasteiger partial charge on any atom is 0.320 e. The van der Waals surface area contributed by atoms with E-state index in [1.165, 1.54) is 12.8 Å². The van der Waals surface area contributed by atoms with Crippen LogP contribution in [-0.2, 0) is 11.3 Å². The minimum atomic E-state index is -0.696. The number of fused-ring (bicyclic) bond motifs is 1. The molecule has 1 N–H and O–H groups in total. The van der Waals surface area contributed by atoms with E-state index in [0.29, 0.717) is 24.1 Å². The Labute approximate surface area is 125 Å². The van der Waals surface area contributed by atoms with Crippen molar-refractivity contribution < 1.29 is 9.90 Å². The maximum atomic E-state index is 11.6. The average molecular weight is 284 g/mol. The molecule has 4 heteroatoms. The lowest BCUT2D eigenvalue weighted by Crippen LogP contribution is -2.41. The third kappa shape index (κ3) is 2.79. The van der Waals surface area contributed by atoms with Crippen molar-refractivity contribution in [1.29, 1.82) is 5.26 Å². The largest absolute Gasteiger partial charge is 0.480 e. The van der Waals surface area contributed by atoms with Crippen LogP contribution in [0.2, 0.25) is 0 Å². The number of carbonyl (C=O) groups is 1. The number of nitriles is 1. The first-order chi connectivity index (χ1) is 10.2. The van der Waals surface area contributed by atoms with Gasteiger partial charge in [-0.25, -0.2) is 0 Å². The second-order valence-electron chi connectivity index (χ2n) is 6.18. The number of likely N-dealkylation sites (tertiary alicyclic amines) is 1. The minimum Gasteiger partial charge on any atom is -0.480 e. The standard InChI is InChI=1S/C17H20N2O2/c18-10-12-5-7-13(8-6-12)11-19-15-4-2-1-3-14(15)9-16(19)17(20)21/h5-8,14-16H,1-4,9,11H2,(H,20,21). The molecule has 1 aromatic carbocycles. The molecule has 0 spiro atoms. The van der Waals surface area contributed by atoms with E-state index in [4.69, 9.17) is 5.26 Å². The number of aliphatic carboxylic acids is 1. The van der Waals surface area contributed by atoms with Crippen molar-refractivity contribution in [2.45, 2.75) is 50.7 Å². The SMILES string of the molecule is N#Cc1ccc(CN2C(C(=O)O)CC3CCCCC32)cc1. The van der Waals surface area contributed by atoms with Crippen LogP contribution in [0.15, 0.2) is 24.3 Å². The normalized spacial score (nSPS) is 28.8. The summed E-state index contributed by atoms with van der Waals surface area (Å²) in [6.07, 6.45) is 5.51. The fourth-order valence-corrected chi connectivity index (χ4v) is 3.92. The van der Waals surface area contributed by atoms with Crippen molar-refractivity contribution >= 4 is 5.97 Å². The summed E-state index contributed by atoms with van der Waals surface area (Å²) in [5, 5.41) is 18.3. The summed E-state index contributed by atoms with van der Waals surface area (Å²) in [5.74, 6) is -0.156. The van der Waals surface area contributed by atoms with Crippen molar-refractivity contribution in [2.24, 2.45) is 5.92 Å². The zero-order chi connectivity index (χ0) is 14.8. The summed E-state index contributed by atoms with van der Waals surface area (Å²) in [7, 11) is 0. The van der Waals surface area contributed by atoms with E-state index in [1.807, 2.05) is 12.1 Å². The first-order valence-electron chi connectivity index (χ1n) is 7.66. The van der Waals surface area contributed by atoms with Crippen LogP contribution in [0.25, 0.3) is 0 Å². The van der Waals surface area contributed by atoms with Crippen LogP contribution in [0, 0.1) is 17.2 Å². The van der Waals surface area contributed by atoms with Gasteiger partial charge < -0.3 is 5.11 Å². The molecule has 1 saturated heterocycles.